The molecule has 1 aromatic rings. The maximum Gasteiger partial charge on any atom is 0.270 e. The molecule has 2 heterocycles. The molecule has 1 aliphatic heterocycles. The highest BCUT2D eigenvalue weighted by Crippen LogP contribution is 2.37. The normalized spacial score (nSPS) is 31.9. The van der Waals surface area contributed by atoms with E-state index in [4.69, 9.17) is 5.73 Å². The van der Waals surface area contributed by atoms with Crippen molar-refractivity contribution in [1.29, 1.82) is 0 Å². The van der Waals surface area contributed by atoms with Gasteiger partial charge < -0.3 is 15.2 Å². The summed E-state index contributed by atoms with van der Waals surface area (Å²) in [6.07, 6.45) is 4.22. The largest absolute Gasteiger partial charge is 0.347 e. The van der Waals surface area contributed by atoms with E-state index in [1.807, 2.05) is 34.8 Å². The summed E-state index contributed by atoms with van der Waals surface area (Å²) < 4.78 is 1.89. The fourth-order valence-corrected chi connectivity index (χ4v) is 3.32. The molecule has 4 heteroatoms. The Kier molecular flexibility index (Phi) is 2.47. The van der Waals surface area contributed by atoms with Crippen LogP contribution in [0, 0.1) is 11.8 Å². The quantitative estimate of drug-likeness (QED) is 0.781. The van der Waals surface area contributed by atoms with Gasteiger partial charge in [0.2, 0.25) is 0 Å². The lowest BCUT2D eigenvalue weighted by molar-refractivity contribution is 0.0770. The average Bonchev–Trinajstić information content (AvgIpc) is 2.96. The van der Waals surface area contributed by atoms with Crippen molar-refractivity contribution in [3.05, 3.63) is 24.0 Å². The predicted octanol–water partition coefficient (Wildman–Crippen LogP) is 0.834. The molecule has 0 aromatic carbocycles. The van der Waals surface area contributed by atoms with E-state index in [9.17, 15) is 4.79 Å². The van der Waals surface area contributed by atoms with Crippen molar-refractivity contribution < 1.29 is 4.79 Å². The Balaban J connectivity index is 1.75. The van der Waals surface area contributed by atoms with Crippen LogP contribution in [0.1, 0.15) is 23.3 Å². The van der Waals surface area contributed by atoms with Crippen molar-refractivity contribution in [2.45, 2.75) is 18.9 Å². The number of aromatic nitrogens is 1. The van der Waals surface area contributed by atoms with E-state index < -0.39 is 0 Å². The van der Waals surface area contributed by atoms with Gasteiger partial charge in [0.15, 0.2) is 0 Å². The molecule has 0 radical (unpaired) electrons. The lowest BCUT2D eigenvalue weighted by Crippen LogP contribution is -2.34. The SMILES string of the molecule is Cn1cccc1C(=O)N1CC2CCC(N)C2C1. The Labute approximate surface area is 101 Å². The zero-order valence-electron chi connectivity index (χ0n) is 10.2. The summed E-state index contributed by atoms with van der Waals surface area (Å²) in [6.45, 7) is 1.73. The van der Waals surface area contributed by atoms with Gasteiger partial charge in [0.1, 0.15) is 5.69 Å². The highest BCUT2D eigenvalue weighted by molar-refractivity contribution is 5.93. The fraction of sp³-hybridized carbons (Fsp3) is 0.615. The van der Waals surface area contributed by atoms with E-state index in [1.54, 1.807) is 0 Å². The van der Waals surface area contributed by atoms with Crippen molar-refractivity contribution in [3.63, 3.8) is 0 Å². The third-order valence-corrected chi connectivity index (χ3v) is 4.36. The second-order valence-corrected chi connectivity index (χ2v) is 5.38. The van der Waals surface area contributed by atoms with Crippen LogP contribution in [0.2, 0.25) is 0 Å². The van der Waals surface area contributed by atoms with Crippen LogP contribution in [0.3, 0.4) is 0 Å². The minimum Gasteiger partial charge on any atom is -0.347 e. The van der Waals surface area contributed by atoms with Gasteiger partial charge in [0.05, 0.1) is 0 Å². The maximum absolute atomic E-state index is 12.3. The molecule has 3 unspecified atom stereocenters. The molecule has 4 nitrogen and oxygen atoms in total. The van der Waals surface area contributed by atoms with E-state index >= 15 is 0 Å². The number of nitrogens with two attached hydrogens (primary N) is 1. The van der Waals surface area contributed by atoms with E-state index in [2.05, 4.69) is 0 Å². The number of rotatable bonds is 1. The summed E-state index contributed by atoms with van der Waals surface area (Å²) in [5, 5.41) is 0. The number of amides is 1. The van der Waals surface area contributed by atoms with Crippen molar-refractivity contribution >= 4 is 5.91 Å². The zero-order chi connectivity index (χ0) is 12.0. The summed E-state index contributed by atoms with van der Waals surface area (Å²) >= 11 is 0. The van der Waals surface area contributed by atoms with Crippen molar-refractivity contribution in [2.75, 3.05) is 13.1 Å². The third-order valence-electron chi connectivity index (χ3n) is 4.36. The number of carbonyl (C=O) groups excluding carboxylic acids is 1. The van der Waals surface area contributed by atoms with Crippen LogP contribution in [0.15, 0.2) is 18.3 Å². The standard InChI is InChI=1S/C13H19N3O/c1-15-6-2-3-12(15)13(17)16-7-9-4-5-11(14)10(9)8-16/h2-3,6,9-11H,4-5,7-8,14H2,1H3. The first kappa shape index (κ1) is 10.8. The molecule has 0 bridgehead atoms. The lowest BCUT2D eigenvalue weighted by Gasteiger charge is -2.19. The van der Waals surface area contributed by atoms with Crippen molar-refractivity contribution in [3.8, 4) is 0 Å². The van der Waals surface area contributed by atoms with Gasteiger partial charge in [-0.2, -0.15) is 0 Å². The highest BCUT2D eigenvalue weighted by Gasteiger charge is 2.42. The van der Waals surface area contributed by atoms with Crippen LogP contribution in [-0.2, 0) is 7.05 Å². The van der Waals surface area contributed by atoms with E-state index in [1.165, 1.54) is 6.42 Å². The van der Waals surface area contributed by atoms with Crippen LogP contribution >= 0.6 is 0 Å². The molecular formula is C13H19N3O. The predicted molar refractivity (Wildman–Crippen MR) is 65.5 cm³/mol. The molecule has 1 saturated heterocycles. The summed E-state index contributed by atoms with van der Waals surface area (Å²) in [4.78, 5) is 14.3. The molecule has 17 heavy (non-hydrogen) atoms. The minimum absolute atomic E-state index is 0.152. The number of nitrogens with zero attached hydrogens (tertiary/aromatic N) is 2. The molecule has 2 fully saturated rings. The summed E-state index contributed by atoms with van der Waals surface area (Å²) in [6, 6.07) is 4.10. The average molecular weight is 233 g/mol. The number of fused-ring (bicyclic) bond motifs is 1. The first-order valence-electron chi connectivity index (χ1n) is 6.33. The van der Waals surface area contributed by atoms with Gasteiger partial charge in [-0.15, -0.1) is 0 Å². The Morgan fingerprint density at radius 2 is 2.24 bits per heavy atom. The van der Waals surface area contributed by atoms with Crippen molar-refractivity contribution in [2.24, 2.45) is 24.6 Å². The van der Waals surface area contributed by atoms with Gasteiger partial charge in [-0.1, -0.05) is 0 Å². The molecule has 2 aliphatic rings. The van der Waals surface area contributed by atoms with Crippen LogP contribution < -0.4 is 5.73 Å². The maximum atomic E-state index is 12.3. The second-order valence-electron chi connectivity index (χ2n) is 5.38. The first-order chi connectivity index (χ1) is 8.16. The summed E-state index contributed by atoms with van der Waals surface area (Å²) in [5.41, 5.74) is 6.86. The van der Waals surface area contributed by atoms with E-state index in [-0.39, 0.29) is 5.91 Å². The van der Waals surface area contributed by atoms with Crippen LogP contribution in [-0.4, -0.2) is 34.5 Å². The fourth-order valence-electron chi connectivity index (χ4n) is 3.32. The molecule has 2 N–H and O–H groups in total. The Morgan fingerprint density at radius 3 is 2.88 bits per heavy atom. The molecule has 1 saturated carbocycles. The number of hydrogen-bond acceptors (Lipinski definition) is 2. The van der Waals surface area contributed by atoms with Gasteiger partial charge in [-0.25, -0.2) is 0 Å². The monoisotopic (exact) mass is 233 g/mol. The summed E-state index contributed by atoms with van der Waals surface area (Å²) in [7, 11) is 1.91. The number of carbonyl (C=O) groups is 1. The number of aryl methyl sites for hydroxylation is 1. The lowest BCUT2D eigenvalue weighted by atomic mass is 9.98. The molecule has 1 amide bonds. The van der Waals surface area contributed by atoms with Gasteiger partial charge in [0.25, 0.3) is 5.91 Å². The number of hydrogen-bond donors (Lipinski definition) is 1. The molecule has 1 aliphatic carbocycles. The van der Waals surface area contributed by atoms with E-state index in [0.29, 0.717) is 17.9 Å². The first-order valence-corrected chi connectivity index (χ1v) is 6.33. The molecular weight excluding hydrogens is 214 g/mol. The van der Waals surface area contributed by atoms with Crippen molar-refractivity contribution in [1.82, 2.24) is 9.47 Å². The van der Waals surface area contributed by atoms with Gasteiger partial charge >= 0.3 is 0 Å². The molecule has 92 valence electrons. The van der Waals surface area contributed by atoms with Gasteiger partial charge in [-0.05, 0) is 36.8 Å². The number of likely N-dealkylation sites (tertiary alicyclic amines) is 1. The molecule has 3 atom stereocenters. The highest BCUT2D eigenvalue weighted by atomic mass is 16.2. The minimum atomic E-state index is 0.152. The van der Waals surface area contributed by atoms with Crippen LogP contribution in [0.25, 0.3) is 0 Å². The van der Waals surface area contributed by atoms with Crippen LogP contribution in [0.5, 0.6) is 0 Å². The Bertz CT molecular complexity index is 440. The topological polar surface area (TPSA) is 51.3 Å². The van der Waals surface area contributed by atoms with Gasteiger partial charge in [-0.3, -0.25) is 4.79 Å². The van der Waals surface area contributed by atoms with Crippen LogP contribution in [0.4, 0.5) is 0 Å². The summed E-state index contributed by atoms with van der Waals surface area (Å²) in [5.74, 6) is 1.31. The second kappa shape index (κ2) is 3.88. The Morgan fingerprint density at radius 1 is 1.41 bits per heavy atom. The molecule has 3 rings (SSSR count). The Hall–Kier alpha value is -1.29. The van der Waals surface area contributed by atoms with Gasteiger partial charge in [0, 0.05) is 32.4 Å². The smallest absolute Gasteiger partial charge is 0.270 e. The zero-order valence-corrected chi connectivity index (χ0v) is 10.2. The van der Waals surface area contributed by atoms with E-state index in [0.717, 1.165) is 25.2 Å². The third kappa shape index (κ3) is 1.67. The molecule has 1 aromatic heterocycles. The molecule has 0 spiro atoms.